The zero-order chi connectivity index (χ0) is 19.8. The summed E-state index contributed by atoms with van der Waals surface area (Å²) in [6.07, 6.45) is -1.27. The Bertz CT molecular complexity index is 883. The van der Waals surface area contributed by atoms with Crippen LogP contribution in [0, 0.1) is 6.92 Å². The van der Waals surface area contributed by atoms with Gasteiger partial charge in [-0.25, -0.2) is 9.78 Å². The molecule has 1 unspecified atom stereocenters. The zero-order valence-electron chi connectivity index (χ0n) is 14.2. The number of rotatable bonds is 3. The van der Waals surface area contributed by atoms with Gasteiger partial charge in [0, 0.05) is 24.5 Å². The number of nitrogens with two attached hydrogens (primary N) is 1. The first-order chi connectivity index (χ1) is 12.7. The second-order valence-corrected chi connectivity index (χ2v) is 7.08. The van der Waals surface area contributed by atoms with Crippen LogP contribution in [0.25, 0.3) is 10.4 Å². The Hall–Kier alpha value is -2.69. The first-order valence-electron chi connectivity index (χ1n) is 8.04. The van der Waals surface area contributed by atoms with E-state index < -0.39 is 29.7 Å². The van der Waals surface area contributed by atoms with Crippen LogP contribution in [0.1, 0.15) is 24.1 Å². The molecule has 3 heterocycles. The molecule has 0 bridgehead atoms. The average molecular weight is 399 g/mol. The molecule has 0 aliphatic carbocycles. The van der Waals surface area contributed by atoms with Gasteiger partial charge < -0.3 is 10.6 Å². The molecule has 3 rings (SSSR count). The quantitative estimate of drug-likeness (QED) is 0.828. The van der Waals surface area contributed by atoms with Gasteiger partial charge in [-0.15, -0.1) is 0 Å². The lowest BCUT2D eigenvalue weighted by Gasteiger charge is -2.21. The molecule has 0 spiro atoms. The predicted octanol–water partition coefficient (Wildman–Crippen LogP) is 3.01. The fraction of sp³-hybridized carbons (Fsp3) is 0.375. The van der Waals surface area contributed by atoms with Gasteiger partial charge in [0.05, 0.1) is 16.1 Å². The molecular weight excluding hydrogens is 383 g/mol. The molecule has 1 aliphatic heterocycles. The molecule has 3 amide bonds. The summed E-state index contributed by atoms with van der Waals surface area (Å²) in [7, 11) is 0. The van der Waals surface area contributed by atoms with Gasteiger partial charge in [0.2, 0.25) is 5.91 Å². The molecule has 1 saturated heterocycles. The third kappa shape index (κ3) is 4.02. The van der Waals surface area contributed by atoms with Crippen molar-refractivity contribution in [1.82, 2.24) is 14.9 Å². The van der Waals surface area contributed by atoms with E-state index in [4.69, 9.17) is 5.73 Å². The van der Waals surface area contributed by atoms with E-state index in [0.29, 0.717) is 30.0 Å². The van der Waals surface area contributed by atoms with Gasteiger partial charge in [-0.2, -0.15) is 13.2 Å². The van der Waals surface area contributed by atoms with Crippen LogP contribution in [0.2, 0.25) is 0 Å². The summed E-state index contributed by atoms with van der Waals surface area (Å²) < 4.78 is 38.7. The van der Waals surface area contributed by atoms with Crippen molar-refractivity contribution in [3.05, 3.63) is 29.7 Å². The number of halogens is 3. The Morgan fingerprint density at radius 3 is 2.78 bits per heavy atom. The van der Waals surface area contributed by atoms with Gasteiger partial charge in [0.1, 0.15) is 6.04 Å². The van der Waals surface area contributed by atoms with E-state index in [-0.39, 0.29) is 10.7 Å². The van der Waals surface area contributed by atoms with Crippen molar-refractivity contribution in [2.45, 2.75) is 32.0 Å². The Morgan fingerprint density at radius 2 is 2.11 bits per heavy atom. The average Bonchev–Trinajstić information content (AvgIpc) is 3.21. The Kier molecular flexibility index (Phi) is 5.05. The number of amides is 3. The second kappa shape index (κ2) is 7.14. The highest BCUT2D eigenvalue weighted by Gasteiger charge is 2.33. The number of anilines is 1. The van der Waals surface area contributed by atoms with E-state index in [1.54, 1.807) is 6.92 Å². The van der Waals surface area contributed by atoms with E-state index in [0.717, 1.165) is 23.6 Å². The maximum atomic E-state index is 12.9. The number of hydrogen-bond acceptors (Lipinski definition) is 5. The van der Waals surface area contributed by atoms with Crippen LogP contribution in [-0.2, 0) is 11.0 Å². The summed E-state index contributed by atoms with van der Waals surface area (Å²) in [6.45, 7) is 2.03. The lowest BCUT2D eigenvalue weighted by atomic mass is 10.1. The Labute approximate surface area is 156 Å². The molecule has 1 atom stereocenters. The van der Waals surface area contributed by atoms with Crippen LogP contribution in [0.15, 0.2) is 18.5 Å². The molecule has 0 saturated carbocycles. The van der Waals surface area contributed by atoms with E-state index in [9.17, 15) is 22.8 Å². The van der Waals surface area contributed by atoms with Crippen LogP contribution < -0.4 is 11.1 Å². The van der Waals surface area contributed by atoms with Gasteiger partial charge in [0.15, 0.2) is 5.13 Å². The van der Waals surface area contributed by atoms with Crippen LogP contribution in [0.4, 0.5) is 23.1 Å². The van der Waals surface area contributed by atoms with Crippen molar-refractivity contribution in [3.63, 3.8) is 0 Å². The molecule has 7 nitrogen and oxygen atoms in total. The smallest absolute Gasteiger partial charge is 0.368 e. The van der Waals surface area contributed by atoms with E-state index in [1.165, 1.54) is 11.1 Å². The Balaban J connectivity index is 1.81. The van der Waals surface area contributed by atoms with Crippen molar-refractivity contribution in [2.24, 2.45) is 5.73 Å². The zero-order valence-corrected chi connectivity index (χ0v) is 15.0. The van der Waals surface area contributed by atoms with Crippen LogP contribution in [0.3, 0.4) is 0 Å². The maximum absolute atomic E-state index is 12.9. The first-order valence-corrected chi connectivity index (χ1v) is 8.85. The number of pyridine rings is 1. The lowest BCUT2D eigenvalue weighted by molar-refractivity contribution is -0.137. The highest BCUT2D eigenvalue weighted by atomic mass is 32.1. The number of nitrogens with zero attached hydrogens (tertiary/aromatic N) is 3. The highest BCUT2D eigenvalue weighted by Crippen LogP contribution is 2.36. The third-order valence-electron chi connectivity index (χ3n) is 4.18. The minimum absolute atomic E-state index is 0.222. The SMILES string of the molecule is Cc1nc(NC(=O)N2CCCC2C(N)=O)sc1-c1cncc(C(F)(F)F)c1. The summed E-state index contributed by atoms with van der Waals surface area (Å²) in [6, 6.07) is -0.195. The molecule has 1 fully saturated rings. The number of nitrogens with one attached hydrogen (secondary N) is 1. The molecule has 2 aromatic rings. The number of hydrogen-bond donors (Lipinski definition) is 2. The van der Waals surface area contributed by atoms with Gasteiger partial charge in [0.25, 0.3) is 0 Å². The van der Waals surface area contributed by atoms with Crippen LogP contribution in [-0.4, -0.2) is 39.4 Å². The Morgan fingerprint density at radius 1 is 1.37 bits per heavy atom. The van der Waals surface area contributed by atoms with Crippen LogP contribution >= 0.6 is 11.3 Å². The number of urea groups is 1. The monoisotopic (exact) mass is 399 g/mol. The molecular formula is C16H16F3N5O2S. The van der Waals surface area contributed by atoms with Crippen molar-refractivity contribution in [3.8, 4) is 10.4 Å². The van der Waals surface area contributed by atoms with Crippen molar-refractivity contribution < 1.29 is 22.8 Å². The summed E-state index contributed by atoms with van der Waals surface area (Å²) in [5.74, 6) is -0.575. The number of alkyl halides is 3. The molecule has 0 radical (unpaired) electrons. The number of primary amides is 1. The number of thiazole rings is 1. The van der Waals surface area contributed by atoms with Crippen LogP contribution in [0.5, 0.6) is 0 Å². The third-order valence-corrected chi connectivity index (χ3v) is 5.30. The van der Waals surface area contributed by atoms with Crippen molar-refractivity contribution in [1.29, 1.82) is 0 Å². The number of aromatic nitrogens is 2. The topological polar surface area (TPSA) is 101 Å². The molecule has 1 aliphatic rings. The van der Waals surface area contributed by atoms with Gasteiger partial charge in [-0.3, -0.25) is 15.1 Å². The van der Waals surface area contributed by atoms with Crippen molar-refractivity contribution in [2.75, 3.05) is 11.9 Å². The maximum Gasteiger partial charge on any atom is 0.417 e. The van der Waals surface area contributed by atoms with E-state index in [2.05, 4.69) is 15.3 Å². The summed E-state index contributed by atoms with van der Waals surface area (Å²) in [5.41, 5.74) is 5.16. The van der Waals surface area contributed by atoms with Gasteiger partial charge >= 0.3 is 12.2 Å². The standard InChI is InChI=1S/C16H16F3N5O2S/c1-8-12(9-5-10(7-21-6-9)16(17,18)19)27-14(22-8)23-15(26)24-4-2-3-11(24)13(20)25/h5-7,11H,2-4H2,1H3,(H2,20,25)(H,22,23,26). The fourth-order valence-electron chi connectivity index (χ4n) is 2.91. The second-order valence-electron chi connectivity index (χ2n) is 6.08. The van der Waals surface area contributed by atoms with Gasteiger partial charge in [-0.1, -0.05) is 11.3 Å². The first kappa shape index (κ1) is 19.1. The number of aryl methyl sites for hydroxylation is 1. The normalized spacial score (nSPS) is 17.2. The summed E-state index contributed by atoms with van der Waals surface area (Å²) in [4.78, 5) is 33.4. The molecule has 3 N–H and O–H groups in total. The molecule has 27 heavy (non-hydrogen) atoms. The number of carbonyl (C=O) groups is 2. The minimum Gasteiger partial charge on any atom is -0.368 e. The predicted molar refractivity (Wildman–Crippen MR) is 93.0 cm³/mol. The minimum atomic E-state index is -4.50. The summed E-state index contributed by atoms with van der Waals surface area (Å²) >= 11 is 1.04. The molecule has 0 aromatic carbocycles. The highest BCUT2D eigenvalue weighted by molar-refractivity contribution is 7.19. The molecule has 11 heteroatoms. The number of likely N-dealkylation sites (tertiary alicyclic amines) is 1. The van der Waals surface area contributed by atoms with Gasteiger partial charge in [-0.05, 0) is 25.8 Å². The lowest BCUT2D eigenvalue weighted by Crippen LogP contribution is -2.45. The summed E-state index contributed by atoms with van der Waals surface area (Å²) in [5, 5.41) is 2.81. The largest absolute Gasteiger partial charge is 0.417 e. The molecule has 2 aromatic heterocycles. The molecule has 144 valence electrons. The fourth-order valence-corrected chi connectivity index (χ4v) is 3.84. The van der Waals surface area contributed by atoms with E-state index in [1.807, 2.05) is 0 Å². The van der Waals surface area contributed by atoms with Crippen molar-refractivity contribution >= 4 is 28.4 Å². The number of carbonyl (C=O) groups excluding carboxylic acids is 2. The van der Waals surface area contributed by atoms with E-state index >= 15 is 0 Å².